The molecule has 0 unspecified atom stereocenters. The third kappa shape index (κ3) is 1.27. The molecule has 0 aliphatic heterocycles. The first kappa shape index (κ1) is 9.13. The molecule has 72 valence electrons. The molecule has 0 spiro atoms. The quantitative estimate of drug-likeness (QED) is 0.575. The lowest BCUT2D eigenvalue weighted by Crippen LogP contribution is -1.95. The topological polar surface area (TPSA) is 17.1 Å². The smallest absolute Gasteiger partial charge is 0.167 e. The average molecular weight is 190 g/mol. The van der Waals surface area contributed by atoms with Crippen LogP contribution in [0, 0.1) is 5.82 Å². The zero-order valence-corrected chi connectivity index (χ0v) is 8.23. The minimum absolute atomic E-state index is 0.102. The van der Waals surface area contributed by atoms with Crippen molar-refractivity contribution >= 4 is 11.4 Å². The molecular formula is C12H11FO. The summed E-state index contributed by atoms with van der Waals surface area (Å²) in [6.07, 6.45) is 0.413. The van der Waals surface area contributed by atoms with Crippen molar-refractivity contribution in [3.63, 3.8) is 0 Å². The van der Waals surface area contributed by atoms with Crippen LogP contribution in [0.2, 0.25) is 0 Å². The normalized spacial score (nSPS) is 14.5. The van der Waals surface area contributed by atoms with Gasteiger partial charge >= 0.3 is 0 Å². The lowest BCUT2D eigenvalue weighted by atomic mass is 10.0. The highest BCUT2D eigenvalue weighted by atomic mass is 19.1. The Balaban J connectivity index is 2.68. The van der Waals surface area contributed by atoms with Crippen molar-refractivity contribution in [2.75, 3.05) is 0 Å². The highest BCUT2D eigenvalue weighted by Crippen LogP contribution is 2.32. The summed E-state index contributed by atoms with van der Waals surface area (Å²) in [5.41, 5.74) is 3.36. The van der Waals surface area contributed by atoms with Gasteiger partial charge in [0.2, 0.25) is 0 Å². The van der Waals surface area contributed by atoms with E-state index >= 15 is 0 Å². The molecule has 0 bridgehead atoms. The van der Waals surface area contributed by atoms with Gasteiger partial charge in [-0.05, 0) is 37.1 Å². The van der Waals surface area contributed by atoms with Crippen LogP contribution in [0.15, 0.2) is 23.8 Å². The van der Waals surface area contributed by atoms with Gasteiger partial charge in [-0.15, -0.1) is 0 Å². The van der Waals surface area contributed by atoms with Crippen molar-refractivity contribution in [2.45, 2.75) is 20.3 Å². The lowest BCUT2D eigenvalue weighted by molar-refractivity contribution is -0.112. The molecule has 1 aliphatic rings. The van der Waals surface area contributed by atoms with Gasteiger partial charge in [-0.1, -0.05) is 11.6 Å². The number of fused-ring (bicyclic) bond motifs is 1. The summed E-state index contributed by atoms with van der Waals surface area (Å²) in [7, 11) is 0. The number of hydrogen-bond donors (Lipinski definition) is 0. The Kier molecular flexibility index (Phi) is 1.99. The minimum Gasteiger partial charge on any atom is -0.294 e. The molecule has 0 saturated carbocycles. The van der Waals surface area contributed by atoms with E-state index in [4.69, 9.17) is 0 Å². The maximum Gasteiger partial charge on any atom is 0.167 e. The van der Waals surface area contributed by atoms with E-state index in [-0.39, 0.29) is 11.6 Å². The van der Waals surface area contributed by atoms with Crippen LogP contribution >= 0.6 is 0 Å². The largest absolute Gasteiger partial charge is 0.294 e. The molecule has 1 aromatic carbocycles. The third-order valence-corrected chi connectivity index (χ3v) is 2.47. The van der Waals surface area contributed by atoms with Crippen molar-refractivity contribution in [1.29, 1.82) is 0 Å². The van der Waals surface area contributed by atoms with Crippen molar-refractivity contribution in [1.82, 2.24) is 0 Å². The fraction of sp³-hybridized carbons (Fsp3) is 0.250. The van der Waals surface area contributed by atoms with E-state index in [1.807, 2.05) is 13.8 Å². The Labute approximate surface area is 82.3 Å². The number of hydrogen-bond acceptors (Lipinski definition) is 1. The first-order chi connectivity index (χ1) is 6.59. The van der Waals surface area contributed by atoms with Crippen LogP contribution in [0.4, 0.5) is 4.39 Å². The van der Waals surface area contributed by atoms with Crippen LogP contribution < -0.4 is 0 Å². The number of halogens is 1. The zero-order chi connectivity index (χ0) is 10.3. The van der Waals surface area contributed by atoms with Crippen LogP contribution in [0.1, 0.15) is 25.0 Å². The predicted octanol–water partition coefficient (Wildman–Crippen LogP) is 2.74. The zero-order valence-electron chi connectivity index (χ0n) is 8.23. The molecule has 0 heterocycles. The van der Waals surface area contributed by atoms with E-state index in [0.717, 1.165) is 16.7 Å². The Morgan fingerprint density at radius 2 is 2.07 bits per heavy atom. The predicted molar refractivity (Wildman–Crippen MR) is 53.4 cm³/mol. The summed E-state index contributed by atoms with van der Waals surface area (Å²) >= 11 is 0. The number of ketones is 1. The molecule has 0 saturated heterocycles. The number of benzene rings is 1. The summed E-state index contributed by atoms with van der Waals surface area (Å²) in [6.45, 7) is 3.76. The van der Waals surface area contributed by atoms with Gasteiger partial charge in [-0.3, -0.25) is 4.79 Å². The van der Waals surface area contributed by atoms with Crippen molar-refractivity contribution in [3.05, 3.63) is 40.7 Å². The highest BCUT2D eigenvalue weighted by molar-refractivity contribution is 6.26. The molecule has 2 heteroatoms. The summed E-state index contributed by atoms with van der Waals surface area (Å²) < 4.78 is 13.0. The second kappa shape index (κ2) is 3.05. The van der Waals surface area contributed by atoms with E-state index < -0.39 is 0 Å². The monoisotopic (exact) mass is 190 g/mol. The first-order valence-electron chi connectivity index (χ1n) is 4.59. The number of rotatable bonds is 0. The van der Waals surface area contributed by atoms with Crippen LogP contribution in [0.25, 0.3) is 5.57 Å². The van der Waals surface area contributed by atoms with Crippen LogP contribution in [0.5, 0.6) is 0 Å². The maximum atomic E-state index is 13.0. The standard InChI is InChI=1S/C12H11FO/c1-7(2)12-10-6-9(13)4-3-8(10)5-11(12)14/h3-4,6H,5H2,1-2H3. The van der Waals surface area contributed by atoms with Crippen LogP contribution in [-0.2, 0) is 11.2 Å². The molecule has 1 aliphatic carbocycles. The highest BCUT2D eigenvalue weighted by Gasteiger charge is 2.25. The van der Waals surface area contributed by atoms with Crippen LogP contribution in [0.3, 0.4) is 0 Å². The van der Waals surface area contributed by atoms with Gasteiger partial charge in [0.25, 0.3) is 0 Å². The molecule has 0 amide bonds. The van der Waals surface area contributed by atoms with Gasteiger partial charge in [-0.25, -0.2) is 4.39 Å². The maximum absolute atomic E-state index is 13.0. The third-order valence-electron chi connectivity index (χ3n) is 2.47. The van der Waals surface area contributed by atoms with Gasteiger partial charge in [0, 0.05) is 12.0 Å². The Bertz CT molecular complexity index is 440. The van der Waals surface area contributed by atoms with E-state index in [2.05, 4.69) is 0 Å². The van der Waals surface area contributed by atoms with Gasteiger partial charge in [-0.2, -0.15) is 0 Å². The van der Waals surface area contributed by atoms with E-state index in [1.54, 1.807) is 6.07 Å². The molecule has 2 rings (SSSR count). The fourth-order valence-electron chi connectivity index (χ4n) is 1.90. The minimum atomic E-state index is -0.280. The summed E-state index contributed by atoms with van der Waals surface area (Å²) in [4.78, 5) is 11.6. The summed E-state index contributed by atoms with van der Waals surface area (Å²) in [5, 5.41) is 0. The van der Waals surface area contributed by atoms with Crippen LogP contribution in [-0.4, -0.2) is 5.78 Å². The van der Waals surface area contributed by atoms with Crippen molar-refractivity contribution in [3.8, 4) is 0 Å². The summed E-state index contributed by atoms with van der Waals surface area (Å²) in [6, 6.07) is 4.54. The van der Waals surface area contributed by atoms with Gasteiger partial charge in [0.1, 0.15) is 5.82 Å². The molecule has 0 atom stereocenters. The fourth-order valence-corrected chi connectivity index (χ4v) is 1.90. The summed E-state index contributed by atoms with van der Waals surface area (Å²) in [5.74, 6) is -0.178. The Morgan fingerprint density at radius 1 is 1.36 bits per heavy atom. The van der Waals surface area contributed by atoms with E-state index in [0.29, 0.717) is 12.0 Å². The number of allylic oxidation sites excluding steroid dienone is 2. The van der Waals surface area contributed by atoms with Gasteiger partial charge in [0.05, 0.1) is 0 Å². The SMILES string of the molecule is CC(C)=C1C(=O)Cc2ccc(F)cc21. The molecule has 1 aromatic rings. The van der Waals surface area contributed by atoms with Crippen molar-refractivity contribution in [2.24, 2.45) is 0 Å². The number of Topliss-reactive ketones (excluding diaryl/α,β-unsaturated/α-hetero) is 1. The molecular weight excluding hydrogens is 179 g/mol. The van der Waals surface area contributed by atoms with Gasteiger partial charge in [0.15, 0.2) is 5.78 Å². The van der Waals surface area contributed by atoms with Crippen molar-refractivity contribution < 1.29 is 9.18 Å². The van der Waals surface area contributed by atoms with E-state index in [1.165, 1.54) is 12.1 Å². The molecule has 0 radical (unpaired) electrons. The Hall–Kier alpha value is -1.44. The first-order valence-corrected chi connectivity index (χ1v) is 4.59. The molecule has 0 N–H and O–H groups in total. The second-order valence-corrected chi connectivity index (χ2v) is 3.78. The van der Waals surface area contributed by atoms with E-state index in [9.17, 15) is 9.18 Å². The molecule has 0 aromatic heterocycles. The number of carbonyl (C=O) groups is 1. The Morgan fingerprint density at radius 3 is 2.71 bits per heavy atom. The lowest BCUT2D eigenvalue weighted by Gasteiger charge is -2.01. The van der Waals surface area contributed by atoms with Gasteiger partial charge < -0.3 is 0 Å². The molecule has 0 fully saturated rings. The number of carbonyl (C=O) groups excluding carboxylic acids is 1. The average Bonchev–Trinajstić information content (AvgIpc) is 2.40. The molecule has 14 heavy (non-hydrogen) atoms. The second-order valence-electron chi connectivity index (χ2n) is 3.78. The molecule has 1 nitrogen and oxygen atoms in total.